The van der Waals surface area contributed by atoms with Gasteiger partial charge in [0.05, 0.1) is 11.7 Å². The molecule has 0 amide bonds. The van der Waals surface area contributed by atoms with E-state index in [-0.39, 0.29) is 23.6 Å². The van der Waals surface area contributed by atoms with Crippen molar-refractivity contribution in [1.29, 1.82) is 0 Å². The monoisotopic (exact) mass is 251 g/mol. The zero-order valence-corrected chi connectivity index (χ0v) is 11.4. The standard InChI is InChI=1S/C15H22FNO/c1-11(13-6-4-5-7-14(13)16)17-10-12-8-9-15(2,3)18-12/h4-7,11-12,17H,8-10H2,1-3H3/t11-,12?/m1/s1. The lowest BCUT2D eigenvalue weighted by Gasteiger charge is -2.21. The molecule has 100 valence electrons. The molecule has 18 heavy (non-hydrogen) atoms. The molecule has 0 bridgehead atoms. The van der Waals surface area contributed by atoms with Crippen LogP contribution >= 0.6 is 0 Å². The highest BCUT2D eigenvalue weighted by atomic mass is 19.1. The molecule has 2 atom stereocenters. The first kappa shape index (κ1) is 13.5. The molecule has 1 heterocycles. The van der Waals surface area contributed by atoms with E-state index in [2.05, 4.69) is 19.2 Å². The average molecular weight is 251 g/mol. The zero-order valence-electron chi connectivity index (χ0n) is 11.4. The molecule has 0 aliphatic carbocycles. The molecule has 1 aliphatic rings. The number of hydrogen-bond donors (Lipinski definition) is 1. The molecule has 2 nitrogen and oxygen atoms in total. The van der Waals surface area contributed by atoms with Gasteiger partial charge in [-0.3, -0.25) is 0 Å². The predicted octanol–water partition coefficient (Wildman–Crippen LogP) is 3.43. The number of hydrogen-bond acceptors (Lipinski definition) is 2. The number of nitrogens with one attached hydrogen (secondary N) is 1. The third-order valence-electron chi connectivity index (χ3n) is 3.58. The Labute approximate surface area is 109 Å². The van der Waals surface area contributed by atoms with E-state index in [1.807, 2.05) is 19.1 Å². The summed E-state index contributed by atoms with van der Waals surface area (Å²) in [5.74, 6) is -0.148. The van der Waals surface area contributed by atoms with Gasteiger partial charge >= 0.3 is 0 Å². The average Bonchev–Trinajstić information content (AvgIpc) is 2.66. The molecule has 0 radical (unpaired) electrons. The summed E-state index contributed by atoms with van der Waals surface area (Å²) < 4.78 is 19.5. The van der Waals surface area contributed by atoms with Gasteiger partial charge in [0.25, 0.3) is 0 Å². The summed E-state index contributed by atoms with van der Waals surface area (Å²) in [5, 5.41) is 3.35. The van der Waals surface area contributed by atoms with E-state index >= 15 is 0 Å². The van der Waals surface area contributed by atoms with Crippen LogP contribution in [0.2, 0.25) is 0 Å². The van der Waals surface area contributed by atoms with E-state index in [0.29, 0.717) is 0 Å². The van der Waals surface area contributed by atoms with Crippen molar-refractivity contribution in [3.63, 3.8) is 0 Å². The van der Waals surface area contributed by atoms with E-state index in [1.54, 1.807) is 6.07 Å². The van der Waals surface area contributed by atoms with Gasteiger partial charge in [-0.1, -0.05) is 18.2 Å². The van der Waals surface area contributed by atoms with Gasteiger partial charge in [0.15, 0.2) is 0 Å². The van der Waals surface area contributed by atoms with Crippen molar-refractivity contribution in [3.05, 3.63) is 35.6 Å². The highest BCUT2D eigenvalue weighted by molar-refractivity contribution is 5.20. The summed E-state index contributed by atoms with van der Waals surface area (Å²) in [6.07, 6.45) is 2.41. The third-order valence-corrected chi connectivity index (χ3v) is 3.58. The minimum atomic E-state index is -0.148. The molecular weight excluding hydrogens is 229 g/mol. The van der Waals surface area contributed by atoms with Gasteiger partial charge < -0.3 is 10.1 Å². The van der Waals surface area contributed by atoms with E-state index in [1.165, 1.54) is 6.07 Å². The van der Waals surface area contributed by atoms with Crippen LogP contribution in [0.5, 0.6) is 0 Å². The van der Waals surface area contributed by atoms with Gasteiger partial charge in [-0.2, -0.15) is 0 Å². The Morgan fingerprint density at radius 2 is 2.17 bits per heavy atom. The first-order valence-corrected chi connectivity index (χ1v) is 6.63. The Hall–Kier alpha value is -0.930. The quantitative estimate of drug-likeness (QED) is 0.885. The SMILES string of the molecule is C[C@@H](NCC1CCC(C)(C)O1)c1ccccc1F. The Kier molecular flexibility index (Phi) is 4.03. The van der Waals surface area contributed by atoms with Gasteiger partial charge in [-0.05, 0) is 39.7 Å². The highest BCUT2D eigenvalue weighted by Crippen LogP contribution is 2.29. The molecule has 0 saturated carbocycles. The minimum Gasteiger partial charge on any atom is -0.371 e. The molecule has 1 N–H and O–H groups in total. The van der Waals surface area contributed by atoms with Crippen molar-refractivity contribution in [2.24, 2.45) is 0 Å². The summed E-state index contributed by atoms with van der Waals surface area (Å²) >= 11 is 0. The van der Waals surface area contributed by atoms with Crippen LogP contribution in [0.25, 0.3) is 0 Å². The van der Waals surface area contributed by atoms with Crippen LogP contribution in [-0.4, -0.2) is 18.2 Å². The topological polar surface area (TPSA) is 21.3 Å². The summed E-state index contributed by atoms with van der Waals surface area (Å²) in [6, 6.07) is 6.92. The lowest BCUT2D eigenvalue weighted by atomic mass is 10.0. The van der Waals surface area contributed by atoms with Crippen LogP contribution in [0.4, 0.5) is 4.39 Å². The number of rotatable bonds is 4. The van der Waals surface area contributed by atoms with E-state index < -0.39 is 0 Å². The second-order valence-electron chi connectivity index (χ2n) is 5.69. The van der Waals surface area contributed by atoms with Gasteiger partial charge in [0, 0.05) is 18.2 Å². The van der Waals surface area contributed by atoms with E-state index in [4.69, 9.17) is 4.74 Å². The van der Waals surface area contributed by atoms with Crippen LogP contribution in [-0.2, 0) is 4.74 Å². The van der Waals surface area contributed by atoms with Crippen molar-refractivity contribution in [2.75, 3.05) is 6.54 Å². The second kappa shape index (κ2) is 5.37. The molecule has 0 aromatic heterocycles. The van der Waals surface area contributed by atoms with Crippen LogP contribution in [0.1, 0.15) is 45.2 Å². The predicted molar refractivity (Wildman–Crippen MR) is 71.0 cm³/mol. The van der Waals surface area contributed by atoms with Gasteiger partial charge in [-0.25, -0.2) is 4.39 Å². The molecule has 1 aromatic rings. The maximum absolute atomic E-state index is 13.6. The second-order valence-corrected chi connectivity index (χ2v) is 5.69. The Morgan fingerprint density at radius 1 is 1.44 bits per heavy atom. The Bertz CT molecular complexity index is 405. The number of ether oxygens (including phenoxy) is 1. The zero-order chi connectivity index (χ0) is 13.2. The van der Waals surface area contributed by atoms with Crippen molar-refractivity contribution in [1.82, 2.24) is 5.32 Å². The summed E-state index contributed by atoms with van der Waals surface area (Å²) in [6.45, 7) is 7.00. The fraction of sp³-hybridized carbons (Fsp3) is 0.600. The minimum absolute atomic E-state index is 0.00637. The first-order chi connectivity index (χ1) is 8.48. The first-order valence-electron chi connectivity index (χ1n) is 6.63. The highest BCUT2D eigenvalue weighted by Gasteiger charge is 2.31. The van der Waals surface area contributed by atoms with Crippen LogP contribution in [0, 0.1) is 5.82 Å². The van der Waals surface area contributed by atoms with E-state index in [0.717, 1.165) is 24.9 Å². The summed E-state index contributed by atoms with van der Waals surface area (Å²) in [4.78, 5) is 0. The molecule has 1 aliphatic heterocycles. The Morgan fingerprint density at radius 3 is 2.78 bits per heavy atom. The van der Waals surface area contributed by atoms with Crippen molar-refractivity contribution >= 4 is 0 Å². The van der Waals surface area contributed by atoms with Gasteiger partial charge in [0.2, 0.25) is 0 Å². The molecule has 1 saturated heterocycles. The molecule has 1 aromatic carbocycles. The largest absolute Gasteiger partial charge is 0.371 e. The number of halogens is 1. The van der Waals surface area contributed by atoms with Crippen molar-refractivity contribution in [2.45, 2.75) is 51.4 Å². The number of benzene rings is 1. The fourth-order valence-electron chi connectivity index (χ4n) is 2.47. The van der Waals surface area contributed by atoms with Crippen LogP contribution < -0.4 is 5.32 Å². The lowest BCUT2D eigenvalue weighted by Crippen LogP contribution is -2.31. The van der Waals surface area contributed by atoms with Crippen LogP contribution in [0.3, 0.4) is 0 Å². The molecular formula is C15H22FNO. The third kappa shape index (κ3) is 3.30. The van der Waals surface area contributed by atoms with Crippen LogP contribution in [0.15, 0.2) is 24.3 Å². The maximum Gasteiger partial charge on any atom is 0.127 e. The summed E-state index contributed by atoms with van der Waals surface area (Å²) in [5.41, 5.74) is 0.711. The maximum atomic E-state index is 13.6. The molecule has 1 unspecified atom stereocenters. The van der Waals surface area contributed by atoms with Crippen molar-refractivity contribution in [3.8, 4) is 0 Å². The smallest absolute Gasteiger partial charge is 0.127 e. The molecule has 1 fully saturated rings. The Balaban J connectivity index is 1.86. The van der Waals surface area contributed by atoms with Crippen molar-refractivity contribution < 1.29 is 9.13 Å². The van der Waals surface area contributed by atoms with E-state index in [9.17, 15) is 4.39 Å². The molecule has 0 spiro atoms. The molecule has 3 heteroatoms. The van der Waals surface area contributed by atoms with Gasteiger partial charge in [-0.15, -0.1) is 0 Å². The normalized spacial score (nSPS) is 24.1. The fourth-order valence-corrected chi connectivity index (χ4v) is 2.47. The summed E-state index contributed by atoms with van der Waals surface area (Å²) in [7, 11) is 0. The molecule has 2 rings (SSSR count). The lowest BCUT2D eigenvalue weighted by molar-refractivity contribution is -0.0150. The van der Waals surface area contributed by atoms with Gasteiger partial charge in [0.1, 0.15) is 5.82 Å².